The summed E-state index contributed by atoms with van der Waals surface area (Å²) in [4.78, 5) is 12.4. The molecule has 1 saturated heterocycles. The molecule has 0 amide bonds. The molecule has 39 heavy (non-hydrogen) atoms. The van der Waals surface area contributed by atoms with Gasteiger partial charge in [-0.3, -0.25) is 4.79 Å². The Morgan fingerprint density at radius 1 is 1.10 bits per heavy atom. The maximum Gasteiger partial charge on any atom is 0.501 e. The maximum absolute atomic E-state index is 13.6. The molecular weight excluding hydrogens is 579 g/mol. The molecule has 1 heterocycles. The largest absolute Gasteiger partial charge is 0.501 e. The van der Waals surface area contributed by atoms with Crippen LogP contribution in [0.3, 0.4) is 0 Å². The Balaban J connectivity index is 1.89. The van der Waals surface area contributed by atoms with E-state index in [0.717, 1.165) is 24.1 Å². The third kappa shape index (κ3) is 8.10. The number of carboxylic acids is 1. The lowest BCUT2D eigenvalue weighted by Crippen LogP contribution is -2.39. The van der Waals surface area contributed by atoms with Gasteiger partial charge in [-0.2, -0.15) is 13.2 Å². The molecule has 15 heteroatoms. The van der Waals surface area contributed by atoms with Crippen LogP contribution >= 0.6 is 11.8 Å². The van der Waals surface area contributed by atoms with Gasteiger partial charge in [0.2, 0.25) is 10.0 Å². The summed E-state index contributed by atoms with van der Waals surface area (Å²) in [5, 5.41) is 12.1. The van der Waals surface area contributed by atoms with Crippen LogP contribution in [-0.2, 0) is 24.7 Å². The molecule has 2 aromatic carbocycles. The van der Waals surface area contributed by atoms with Gasteiger partial charge in [0.15, 0.2) is 0 Å². The summed E-state index contributed by atoms with van der Waals surface area (Å²) < 4.78 is 92.0. The second-order valence-corrected chi connectivity index (χ2v) is 13.9. The number of piperidine rings is 1. The van der Waals surface area contributed by atoms with Crippen molar-refractivity contribution >= 4 is 43.3 Å². The topological polar surface area (TPSA) is 133 Å². The fourth-order valence-corrected chi connectivity index (χ4v) is 6.90. The van der Waals surface area contributed by atoms with Crippen LogP contribution in [0.1, 0.15) is 19.3 Å². The lowest BCUT2D eigenvalue weighted by atomic mass is 9.97. The van der Waals surface area contributed by atoms with Gasteiger partial charge >= 0.3 is 11.5 Å². The minimum absolute atomic E-state index is 0.356. The van der Waals surface area contributed by atoms with Crippen LogP contribution in [0.15, 0.2) is 63.2 Å². The number of rotatable bonds is 12. The lowest BCUT2D eigenvalue weighted by Gasteiger charge is -2.31. The van der Waals surface area contributed by atoms with Gasteiger partial charge in [0.25, 0.3) is 9.84 Å². The second kappa shape index (κ2) is 12.9. The second-order valence-electron chi connectivity index (χ2n) is 9.02. The molecule has 0 saturated carbocycles. The van der Waals surface area contributed by atoms with E-state index >= 15 is 0 Å². The van der Waals surface area contributed by atoms with E-state index in [9.17, 15) is 39.9 Å². The minimum Gasteiger partial charge on any atom is -0.481 e. The molecule has 0 unspecified atom stereocenters. The Morgan fingerprint density at radius 3 is 2.31 bits per heavy atom. The number of hydrogen-bond donors (Lipinski definition) is 3. The van der Waals surface area contributed by atoms with Crippen LogP contribution < -0.4 is 10.0 Å². The predicted molar refractivity (Wildman–Crippen MR) is 142 cm³/mol. The summed E-state index contributed by atoms with van der Waals surface area (Å²) >= 11 is 1.43. The van der Waals surface area contributed by atoms with Crippen molar-refractivity contribution in [2.75, 3.05) is 37.8 Å². The highest BCUT2D eigenvalue weighted by atomic mass is 32.2. The zero-order valence-corrected chi connectivity index (χ0v) is 23.5. The first kappa shape index (κ1) is 31.2. The molecule has 2 aromatic rings. The van der Waals surface area contributed by atoms with Crippen molar-refractivity contribution in [2.45, 2.75) is 45.5 Å². The van der Waals surface area contributed by atoms with E-state index in [0.29, 0.717) is 50.7 Å². The van der Waals surface area contributed by atoms with Gasteiger partial charge in [-0.05, 0) is 69.7 Å². The number of alkyl halides is 3. The number of carbonyl (C=O) groups is 1. The number of thioether (sulfide) groups is 1. The van der Waals surface area contributed by atoms with Crippen molar-refractivity contribution in [3.8, 4) is 0 Å². The number of carboxylic acid groups (broad SMARTS) is 1. The molecule has 0 aliphatic carbocycles. The van der Waals surface area contributed by atoms with Crippen molar-refractivity contribution in [3.63, 3.8) is 0 Å². The fraction of sp³-hybridized carbons (Fsp3) is 0.458. The zero-order chi connectivity index (χ0) is 28.8. The zero-order valence-electron chi connectivity index (χ0n) is 21.0. The van der Waals surface area contributed by atoms with Gasteiger partial charge in [-0.25, -0.2) is 21.6 Å². The quantitative estimate of drug-likeness (QED) is 0.309. The highest BCUT2D eigenvalue weighted by molar-refractivity contribution is 7.99. The summed E-state index contributed by atoms with van der Waals surface area (Å²) in [5.41, 5.74) is -6.00. The number of benzene rings is 2. The van der Waals surface area contributed by atoms with E-state index in [1.807, 2.05) is 35.1 Å². The summed E-state index contributed by atoms with van der Waals surface area (Å²) in [6.07, 6.45) is 1.39. The molecule has 1 aliphatic rings. The first-order valence-electron chi connectivity index (χ1n) is 12.0. The Kier molecular flexibility index (Phi) is 10.3. The third-order valence-corrected chi connectivity index (χ3v) is 10.5. The number of sulfone groups is 1. The number of nitrogens with one attached hydrogen (secondary N) is 2. The van der Waals surface area contributed by atoms with Gasteiger partial charge in [0, 0.05) is 23.2 Å². The van der Waals surface area contributed by atoms with Crippen molar-refractivity contribution in [1.29, 1.82) is 0 Å². The normalized spacial score (nSPS) is 16.6. The summed E-state index contributed by atoms with van der Waals surface area (Å²) in [5.74, 6) is -0.876. The van der Waals surface area contributed by atoms with E-state index in [2.05, 4.69) is 10.2 Å². The maximum atomic E-state index is 13.6. The molecule has 0 aromatic heterocycles. The first-order valence-corrected chi connectivity index (χ1v) is 16.0. The number of likely N-dealkylation sites (tertiary alicyclic amines) is 1. The molecule has 0 spiro atoms. The molecular formula is C24H30F3N3O6S3. The van der Waals surface area contributed by atoms with Crippen molar-refractivity contribution in [1.82, 2.24) is 9.62 Å². The van der Waals surface area contributed by atoms with E-state index in [1.165, 1.54) is 11.8 Å². The van der Waals surface area contributed by atoms with E-state index in [-0.39, 0.29) is 5.69 Å². The first-order chi connectivity index (χ1) is 18.2. The Morgan fingerprint density at radius 2 is 1.74 bits per heavy atom. The third-order valence-electron chi connectivity index (χ3n) is 6.41. The molecule has 3 rings (SSSR count). The molecule has 3 N–H and O–H groups in total. The van der Waals surface area contributed by atoms with Gasteiger partial charge < -0.3 is 15.3 Å². The van der Waals surface area contributed by atoms with Crippen LogP contribution in [0.2, 0.25) is 0 Å². The van der Waals surface area contributed by atoms with Gasteiger partial charge in [-0.15, -0.1) is 11.8 Å². The molecule has 0 bridgehead atoms. The molecule has 0 radical (unpaired) electrons. The number of nitrogens with zero attached hydrogens (tertiary/aromatic N) is 1. The van der Waals surface area contributed by atoms with Crippen LogP contribution in [0.5, 0.6) is 0 Å². The van der Waals surface area contributed by atoms with Crippen molar-refractivity contribution in [2.24, 2.45) is 5.92 Å². The fourth-order valence-electron chi connectivity index (χ4n) is 4.13. The Bertz CT molecular complexity index is 1350. The summed E-state index contributed by atoms with van der Waals surface area (Å²) in [6, 6.07) is 11.3. The van der Waals surface area contributed by atoms with E-state index < -0.39 is 53.1 Å². The molecule has 9 nitrogen and oxygen atoms in total. The highest BCUT2D eigenvalue weighted by Gasteiger charge is 2.48. The smallest absolute Gasteiger partial charge is 0.481 e. The van der Waals surface area contributed by atoms with Crippen LogP contribution in [-0.4, -0.2) is 76.8 Å². The SMILES string of the molecule is CNS(=O)(=O)c1ccc(N[C@H](CCN2CCC(C(=O)O)CC2)CSc2ccccc2)c(S(=O)(=O)C(F)(F)F)c1. The number of sulfonamides is 1. The van der Waals surface area contributed by atoms with Gasteiger partial charge in [0.1, 0.15) is 4.90 Å². The molecule has 216 valence electrons. The van der Waals surface area contributed by atoms with Gasteiger partial charge in [-0.1, -0.05) is 18.2 Å². The molecule has 1 atom stereocenters. The Labute approximate surface area is 230 Å². The number of hydrogen-bond acceptors (Lipinski definition) is 8. The average molecular weight is 610 g/mol. The van der Waals surface area contributed by atoms with Crippen LogP contribution in [0.25, 0.3) is 0 Å². The summed E-state index contributed by atoms with van der Waals surface area (Å²) in [7, 11) is -9.04. The van der Waals surface area contributed by atoms with E-state index in [1.54, 1.807) is 0 Å². The number of aliphatic carboxylic acids is 1. The summed E-state index contributed by atoms with van der Waals surface area (Å²) in [6.45, 7) is 1.62. The standard InChI is InChI=1S/C24H30F3N3O6S3/c1-28-39(35,36)20-7-8-21(22(15-20)38(33,34)24(25,26)27)29-18(16-37-19-5-3-2-4-6-19)11-14-30-12-9-17(10-13-30)23(31)32/h2-8,15,17-18,28-29H,9-14,16H2,1H3,(H,31,32)/t18-/m1/s1. The van der Waals surface area contributed by atoms with Gasteiger partial charge in [0.05, 0.1) is 16.5 Å². The molecule has 1 aliphatic heterocycles. The van der Waals surface area contributed by atoms with E-state index in [4.69, 9.17) is 0 Å². The average Bonchev–Trinajstić information content (AvgIpc) is 2.90. The number of anilines is 1. The monoisotopic (exact) mass is 609 g/mol. The highest BCUT2D eigenvalue weighted by Crippen LogP contribution is 2.36. The predicted octanol–water partition coefficient (Wildman–Crippen LogP) is 3.65. The number of halogens is 3. The molecule has 1 fully saturated rings. The van der Waals surface area contributed by atoms with Crippen molar-refractivity contribution < 1.29 is 39.9 Å². The van der Waals surface area contributed by atoms with Crippen molar-refractivity contribution in [3.05, 3.63) is 48.5 Å². The lowest BCUT2D eigenvalue weighted by molar-refractivity contribution is -0.143. The Hall–Kier alpha value is -2.33. The van der Waals surface area contributed by atoms with Crippen LogP contribution in [0.4, 0.5) is 18.9 Å². The minimum atomic E-state index is -5.89. The van der Waals surface area contributed by atoms with Crippen LogP contribution in [0, 0.1) is 5.92 Å².